The molecule has 0 bridgehead atoms. The molecule has 2 heterocycles. The lowest BCUT2D eigenvalue weighted by Gasteiger charge is -2.24. The first-order valence-electron chi connectivity index (χ1n) is 8.69. The monoisotopic (exact) mass is 340 g/mol. The largest absolute Gasteiger partial charge is 0.497 e. The van der Waals surface area contributed by atoms with Crippen LogP contribution in [0.5, 0.6) is 5.75 Å². The Morgan fingerprint density at radius 3 is 2.76 bits per heavy atom. The van der Waals surface area contributed by atoms with Crippen molar-refractivity contribution >= 4 is 11.9 Å². The summed E-state index contributed by atoms with van der Waals surface area (Å²) in [6, 6.07) is 9.92. The maximum Gasteiger partial charge on any atom is 0.225 e. The summed E-state index contributed by atoms with van der Waals surface area (Å²) in [7, 11) is 1.65. The number of anilines is 1. The molecule has 1 fully saturated rings. The van der Waals surface area contributed by atoms with Gasteiger partial charge in [0.25, 0.3) is 0 Å². The van der Waals surface area contributed by atoms with Gasteiger partial charge in [0.15, 0.2) is 0 Å². The van der Waals surface area contributed by atoms with Crippen molar-refractivity contribution < 1.29 is 9.53 Å². The Morgan fingerprint density at radius 1 is 1.28 bits per heavy atom. The number of hydrogen-bond acceptors (Lipinski definition) is 5. The van der Waals surface area contributed by atoms with E-state index in [-0.39, 0.29) is 11.9 Å². The molecular weight excluding hydrogens is 316 g/mol. The second-order valence-electron chi connectivity index (χ2n) is 6.19. The molecule has 132 valence electrons. The molecular formula is C19H24N4O2. The molecule has 6 nitrogen and oxygen atoms in total. The Kier molecular flexibility index (Phi) is 5.82. The van der Waals surface area contributed by atoms with Crippen LogP contribution in [0.25, 0.3) is 0 Å². The van der Waals surface area contributed by atoms with Crippen LogP contribution in [-0.2, 0) is 11.2 Å². The Morgan fingerprint density at radius 2 is 2.04 bits per heavy atom. The molecule has 1 aliphatic heterocycles. The molecule has 3 rings (SSSR count). The van der Waals surface area contributed by atoms with E-state index in [2.05, 4.69) is 20.2 Å². The number of aryl methyl sites for hydroxylation is 1. The van der Waals surface area contributed by atoms with Gasteiger partial charge in [-0.2, -0.15) is 0 Å². The standard InChI is InChI=1S/C19H24N4O2/c1-25-17-8-5-15(6-9-17)7-10-18(24)22-14-16-4-2-13-23(16)19-20-11-3-12-21-19/h3,5-6,8-9,11-12,16H,2,4,7,10,13-14H2,1H3,(H,22,24). The molecule has 6 heteroatoms. The predicted molar refractivity (Wildman–Crippen MR) is 96.7 cm³/mol. The zero-order valence-corrected chi connectivity index (χ0v) is 14.5. The van der Waals surface area contributed by atoms with Gasteiger partial charge in [-0.05, 0) is 43.0 Å². The fourth-order valence-electron chi connectivity index (χ4n) is 3.12. The molecule has 1 atom stereocenters. The predicted octanol–water partition coefficient (Wildman–Crippen LogP) is 2.20. The maximum atomic E-state index is 12.2. The molecule has 1 N–H and O–H groups in total. The minimum Gasteiger partial charge on any atom is -0.497 e. The van der Waals surface area contributed by atoms with E-state index in [0.717, 1.165) is 43.1 Å². The van der Waals surface area contributed by atoms with Crippen LogP contribution in [0.3, 0.4) is 0 Å². The quantitative estimate of drug-likeness (QED) is 0.837. The Hall–Kier alpha value is -2.63. The van der Waals surface area contributed by atoms with E-state index in [1.165, 1.54) is 0 Å². The van der Waals surface area contributed by atoms with E-state index in [9.17, 15) is 4.79 Å². The molecule has 0 radical (unpaired) electrons. The number of nitrogens with one attached hydrogen (secondary N) is 1. The second kappa shape index (κ2) is 8.46. The minimum absolute atomic E-state index is 0.0802. The van der Waals surface area contributed by atoms with Gasteiger partial charge in [-0.15, -0.1) is 0 Å². The van der Waals surface area contributed by atoms with Crippen LogP contribution in [0.2, 0.25) is 0 Å². The number of ether oxygens (including phenoxy) is 1. The van der Waals surface area contributed by atoms with E-state index < -0.39 is 0 Å². The van der Waals surface area contributed by atoms with Crippen molar-refractivity contribution in [2.45, 2.75) is 31.7 Å². The van der Waals surface area contributed by atoms with Crippen molar-refractivity contribution in [3.05, 3.63) is 48.3 Å². The molecule has 1 saturated heterocycles. The molecule has 2 aromatic rings. The summed E-state index contributed by atoms with van der Waals surface area (Å²) in [5.74, 6) is 1.66. The van der Waals surface area contributed by atoms with Crippen molar-refractivity contribution in [3.8, 4) is 5.75 Å². The molecule has 0 aliphatic carbocycles. The number of methoxy groups -OCH3 is 1. The van der Waals surface area contributed by atoms with Crippen molar-refractivity contribution in [2.75, 3.05) is 25.1 Å². The maximum absolute atomic E-state index is 12.2. The minimum atomic E-state index is 0.0802. The van der Waals surface area contributed by atoms with E-state index >= 15 is 0 Å². The van der Waals surface area contributed by atoms with Gasteiger partial charge in [-0.1, -0.05) is 12.1 Å². The molecule has 1 amide bonds. The van der Waals surface area contributed by atoms with Crippen molar-refractivity contribution in [1.29, 1.82) is 0 Å². The van der Waals surface area contributed by atoms with Crippen LogP contribution >= 0.6 is 0 Å². The van der Waals surface area contributed by atoms with Gasteiger partial charge < -0.3 is 15.0 Å². The normalized spacial score (nSPS) is 16.7. The molecule has 1 aromatic heterocycles. The van der Waals surface area contributed by atoms with Gasteiger partial charge in [-0.25, -0.2) is 9.97 Å². The van der Waals surface area contributed by atoms with E-state index in [4.69, 9.17) is 4.74 Å². The SMILES string of the molecule is COc1ccc(CCC(=O)NCC2CCCN2c2ncccn2)cc1. The third-order valence-electron chi connectivity index (χ3n) is 4.52. The highest BCUT2D eigenvalue weighted by molar-refractivity contribution is 5.76. The van der Waals surface area contributed by atoms with Crippen LogP contribution in [0.15, 0.2) is 42.7 Å². The number of nitrogens with zero attached hydrogens (tertiary/aromatic N) is 3. The number of amides is 1. The summed E-state index contributed by atoms with van der Waals surface area (Å²) in [5.41, 5.74) is 1.14. The lowest BCUT2D eigenvalue weighted by atomic mass is 10.1. The molecule has 1 aliphatic rings. The van der Waals surface area contributed by atoms with Gasteiger partial charge in [-0.3, -0.25) is 4.79 Å². The van der Waals surface area contributed by atoms with Crippen LogP contribution in [0, 0.1) is 0 Å². The Labute approximate surface area is 148 Å². The topological polar surface area (TPSA) is 67.3 Å². The van der Waals surface area contributed by atoms with Gasteiger partial charge in [0, 0.05) is 37.9 Å². The van der Waals surface area contributed by atoms with Gasteiger partial charge in [0.1, 0.15) is 5.75 Å². The van der Waals surface area contributed by atoms with Gasteiger partial charge >= 0.3 is 0 Å². The number of rotatable bonds is 7. The average molecular weight is 340 g/mol. The first-order valence-corrected chi connectivity index (χ1v) is 8.69. The van der Waals surface area contributed by atoms with Crippen LogP contribution < -0.4 is 15.0 Å². The van der Waals surface area contributed by atoms with E-state index in [0.29, 0.717) is 13.0 Å². The van der Waals surface area contributed by atoms with E-state index in [1.807, 2.05) is 30.3 Å². The van der Waals surface area contributed by atoms with Gasteiger partial charge in [0.05, 0.1) is 7.11 Å². The Bertz CT molecular complexity index is 676. The number of carbonyl (C=O) groups excluding carboxylic acids is 1. The Balaban J connectivity index is 1.45. The lowest BCUT2D eigenvalue weighted by molar-refractivity contribution is -0.121. The number of benzene rings is 1. The smallest absolute Gasteiger partial charge is 0.225 e. The summed E-state index contributed by atoms with van der Waals surface area (Å²) in [4.78, 5) is 23.0. The van der Waals surface area contributed by atoms with Crippen molar-refractivity contribution in [3.63, 3.8) is 0 Å². The third kappa shape index (κ3) is 4.68. The number of hydrogen-bond donors (Lipinski definition) is 1. The molecule has 1 unspecified atom stereocenters. The summed E-state index contributed by atoms with van der Waals surface area (Å²) in [6.07, 6.45) is 6.88. The fourth-order valence-corrected chi connectivity index (χ4v) is 3.12. The number of aromatic nitrogens is 2. The fraction of sp³-hybridized carbons (Fsp3) is 0.421. The summed E-state index contributed by atoms with van der Waals surface area (Å²) < 4.78 is 5.14. The highest BCUT2D eigenvalue weighted by Gasteiger charge is 2.26. The van der Waals surface area contributed by atoms with Crippen LogP contribution in [0.4, 0.5) is 5.95 Å². The van der Waals surface area contributed by atoms with Crippen molar-refractivity contribution in [2.24, 2.45) is 0 Å². The third-order valence-corrected chi connectivity index (χ3v) is 4.52. The zero-order chi connectivity index (χ0) is 17.5. The van der Waals surface area contributed by atoms with Gasteiger partial charge in [0.2, 0.25) is 11.9 Å². The first kappa shape index (κ1) is 17.2. The summed E-state index contributed by atoms with van der Waals surface area (Å²) in [6.45, 7) is 1.58. The summed E-state index contributed by atoms with van der Waals surface area (Å²) >= 11 is 0. The molecule has 0 saturated carbocycles. The average Bonchev–Trinajstić information content (AvgIpc) is 3.14. The number of carbonyl (C=O) groups is 1. The highest BCUT2D eigenvalue weighted by Crippen LogP contribution is 2.21. The second-order valence-corrected chi connectivity index (χ2v) is 6.19. The molecule has 0 spiro atoms. The van der Waals surface area contributed by atoms with Crippen LogP contribution in [-0.4, -0.2) is 42.1 Å². The highest BCUT2D eigenvalue weighted by atomic mass is 16.5. The first-order chi connectivity index (χ1) is 12.3. The van der Waals surface area contributed by atoms with Crippen molar-refractivity contribution in [1.82, 2.24) is 15.3 Å². The van der Waals surface area contributed by atoms with Crippen LogP contribution in [0.1, 0.15) is 24.8 Å². The lowest BCUT2D eigenvalue weighted by Crippen LogP contribution is -2.41. The molecule has 1 aromatic carbocycles. The molecule has 25 heavy (non-hydrogen) atoms. The van der Waals surface area contributed by atoms with E-state index in [1.54, 1.807) is 19.5 Å². The zero-order valence-electron chi connectivity index (χ0n) is 14.5. The summed E-state index contributed by atoms with van der Waals surface area (Å²) in [5, 5.41) is 3.06.